The molecule has 0 fully saturated rings. The van der Waals surface area contributed by atoms with Crippen LogP contribution in [0.15, 0.2) is 54.6 Å². The first-order valence-corrected chi connectivity index (χ1v) is 11.4. The molecular weight excluding hydrogens is 367 g/mol. The maximum absolute atomic E-state index is 11.4. The Morgan fingerprint density at radius 1 is 1.15 bits per heavy atom. The lowest BCUT2D eigenvalue weighted by atomic mass is 10.1. The average Bonchev–Trinajstić information content (AvgIpc) is 2.65. The van der Waals surface area contributed by atoms with Gasteiger partial charge in [-0.05, 0) is 24.1 Å². The molecule has 2 rings (SSSR count). The molecule has 0 bridgehead atoms. The monoisotopic (exact) mass is 392 g/mol. The highest BCUT2D eigenvalue weighted by atomic mass is 32.4. The summed E-state index contributed by atoms with van der Waals surface area (Å²) in [4.78, 5) is 13.1. The van der Waals surface area contributed by atoms with E-state index in [2.05, 4.69) is 0 Å². The fourth-order valence-electron chi connectivity index (χ4n) is 2.75. The lowest BCUT2D eigenvalue weighted by Crippen LogP contribution is -2.21. The van der Waals surface area contributed by atoms with Gasteiger partial charge in [0.15, 0.2) is 0 Å². The summed E-state index contributed by atoms with van der Waals surface area (Å²) >= 11 is 6.01. The zero-order valence-corrected chi connectivity index (χ0v) is 17.1. The van der Waals surface area contributed by atoms with Gasteiger partial charge in [0.1, 0.15) is 11.9 Å². The third kappa shape index (κ3) is 4.91. The molecule has 2 unspecified atom stereocenters. The zero-order valence-electron chi connectivity index (χ0n) is 15.4. The second-order valence-electron chi connectivity index (χ2n) is 6.28. The Labute approximate surface area is 160 Å². The summed E-state index contributed by atoms with van der Waals surface area (Å²) in [5.74, 6) is 0. The molecule has 0 radical (unpaired) electrons. The summed E-state index contributed by atoms with van der Waals surface area (Å²) in [6, 6.07) is 17.4. The third-order valence-corrected chi connectivity index (χ3v) is 8.71. The second kappa shape index (κ2) is 9.26. The van der Waals surface area contributed by atoms with E-state index in [1.807, 2.05) is 80.5 Å². The van der Waals surface area contributed by atoms with Gasteiger partial charge in [-0.3, -0.25) is 10.1 Å². The van der Waals surface area contributed by atoms with Crippen LogP contribution in [0.2, 0.25) is 0 Å². The van der Waals surface area contributed by atoms with Crippen LogP contribution in [0.5, 0.6) is 0 Å². The molecule has 2 atom stereocenters. The highest BCUT2D eigenvalue weighted by Gasteiger charge is 2.36. The number of nitrogens with zero attached hydrogens (tertiary/aromatic N) is 2. The quantitative estimate of drug-likeness (QED) is 0.363. The van der Waals surface area contributed by atoms with Crippen molar-refractivity contribution in [1.29, 1.82) is 0 Å². The molecule has 2 aromatic rings. The van der Waals surface area contributed by atoms with E-state index in [0.29, 0.717) is 6.61 Å². The van der Waals surface area contributed by atoms with Crippen LogP contribution in [-0.4, -0.2) is 32.2 Å². The standard InChI is InChI=1S/C19H25N2O3PS/c1-4-14-24-25(26,18-8-6-5-7-9-18)19(15-21(22)23)16-10-12-17(13-11-16)20(2)3/h5-13,19H,4,14-15H2,1-3H3. The Morgan fingerprint density at radius 2 is 1.77 bits per heavy atom. The molecule has 140 valence electrons. The SMILES string of the molecule is CCCOP(=S)(c1ccccc1)C(C[N+](=O)[O-])c1ccc(N(C)C)cc1. The van der Waals surface area contributed by atoms with E-state index in [4.69, 9.17) is 16.3 Å². The first-order chi connectivity index (χ1) is 12.4. The molecule has 0 aliphatic carbocycles. The summed E-state index contributed by atoms with van der Waals surface area (Å²) in [7, 11) is 3.92. The van der Waals surface area contributed by atoms with Gasteiger partial charge in [-0.1, -0.05) is 61.2 Å². The van der Waals surface area contributed by atoms with Gasteiger partial charge in [-0.25, -0.2) is 0 Å². The summed E-state index contributed by atoms with van der Waals surface area (Å²) in [6.45, 7) is 2.27. The molecule has 0 heterocycles. The first kappa shape index (κ1) is 20.6. The Hall–Kier alpha value is -1.75. The molecule has 26 heavy (non-hydrogen) atoms. The molecule has 0 amide bonds. The summed E-state index contributed by atoms with van der Waals surface area (Å²) < 4.78 is 6.17. The van der Waals surface area contributed by atoms with Crippen molar-refractivity contribution in [2.45, 2.75) is 19.0 Å². The Kier molecular flexibility index (Phi) is 7.33. The minimum Gasteiger partial charge on any atom is -0.378 e. The Bertz CT molecular complexity index is 766. The van der Waals surface area contributed by atoms with E-state index in [1.165, 1.54) is 0 Å². The van der Waals surface area contributed by atoms with E-state index in [1.54, 1.807) is 0 Å². The predicted octanol–water partition coefficient (Wildman–Crippen LogP) is 4.22. The van der Waals surface area contributed by atoms with Crippen molar-refractivity contribution in [2.75, 3.05) is 32.1 Å². The van der Waals surface area contributed by atoms with Crippen molar-refractivity contribution in [3.8, 4) is 0 Å². The Balaban J connectivity index is 2.52. The molecule has 0 saturated carbocycles. The fourth-order valence-corrected chi connectivity index (χ4v) is 6.55. The number of nitro groups is 1. The van der Waals surface area contributed by atoms with E-state index in [9.17, 15) is 10.1 Å². The Morgan fingerprint density at radius 3 is 2.27 bits per heavy atom. The minimum absolute atomic E-state index is 0.239. The van der Waals surface area contributed by atoms with Crippen LogP contribution < -0.4 is 10.2 Å². The number of hydrogen-bond donors (Lipinski definition) is 0. The van der Waals surface area contributed by atoms with Crippen molar-refractivity contribution in [1.82, 2.24) is 0 Å². The fraction of sp³-hybridized carbons (Fsp3) is 0.368. The molecule has 7 heteroatoms. The molecule has 0 spiro atoms. The highest BCUT2D eigenvalue weighted by molar-refractivity contribution is 8.16. The van der Waals surface area contributed by atoms with Crippen molar-refractivity contribution < 1.29 is 9.45 Å². The lowest BCUT2D eigenvalue weighted by molar-refractivity contribution is -0.480. The van der Waals surface area contributed by atoms with Gasteiger partial charge < -0.3 is 9.42 Å². The van der Waals surface area contributed by atoms with Crippen LogP contribution in [0.1, 0.15) is 24.6 Å². The summed E-state index contributed by atoms with van der Waals surface area (Å²) in [5.41, 5.74) is 1.43. The number of rotatable bonds is 9. The number of hydrogen-bond acceptors (Lipinski definition) is 5. The van der Waals surface area contributed by atoms with Crippen LogP contribution in [0.25, 0.3) is 0 Å². The number of benzene rings is 2. The van der Waals surface area contributed by atoms with Gasteiger partial charge in [-0.15, -0.1) is 0 Å². The summed E-state index contributed by atoms with van der Waals surface area (Å²) in [6.07, 6.45) is -1.82. The maximum atomic E-state index is 11.4. The van der Waals surface area contributed by atoms with Crippen molar-refractivity contribution in [3.05, 3.63) is 70.3 Å². The number of anilines is 1. The molecule has 0 N–H and O–H groups in total. The van der Waals surface area contributed by atoms with Gasteiger partial charge in [0.05, 0.1) is 6.61 Å². The van der Waals surface area contributed by atoms with E-state index in [-0.39, 0.29) is 11.5 Å². The zero-order chi connectivity index (χ0) is 19.2. The van der Waals surface area contributed by atoms with Crippen LogP contribution in [0.3, 0.4) is 0 Å². The van der Waals surface area contributed by atoms with Gasteiger partial charge >= 0.3 is 0 Å². The second-order valence-corrected chi connectivity index (χ2v) is 10.5. The van der Waals surface area contributed by atoms with Crippen LogP contribution >= 0.6 is 6.26 Å². The molecule has 2 aromatic carbocycles. The topological polar surface area (TPSA) is 55.6 Å². The molecule has 0 aliphatic heterocycles. The van der Waals surface area contributed by atoms with Crippen molar-refractivity contribution in [2.24, 2.45) is 0 Å². The van der Waals surface area contributed by atoms with Crippen molar-refractivity contribution >= 4 is 29.1 Å². The van der Waals surface area contributed by atoms with Crippen LogP contribution in [-0.2, 0) is 16.3 Å². The summed E-state index contributed by atoms with van der Waals surface area (Å²) in [5, 5.41) is 12.3. The van der Waals surface area contributed by atoms with Gasteiger partial charge in [0.2, 0.25) is 6.54 Å². The molecule has 0 aliphatic rings. The molecule has 5 nitrogen and oxygen atoms in total. The van der Waals surface area contributed by atoms with Crippen molar-refractivity contribution in [3.63, 3.8) is 0 Å². The third-order valence-electron chi connectivity index (χ3n) is 4.13. The first-order valence-electron chi connectivity index (χ1n) is 8.57. The lowest BCUT2D eigenvalue weighted by Gasteiger charge is -2.30. The van der Waals surface area contributed by atoms with E-state index >= 15 is 0 Å². The normalized spacial score (nSPS) is 14.4. The predicted molar refractivity (Wildman–Crippen MR) is 112 cm³/mol. The van der Waals surface area contributed by atoms with Gasteiger partial charge in [0.25, 0.3) is 0 Å². The van der Waals surface area contributed by atoms with E-state index in [0.717, 1.165) is 23.0 Å². The maximum Gasteiger partial charge on any atom is 0.217 e. The van der Waals surface area contributed by atoms with Gasteiger partial charge in [-0.2, -0.15) is 0 Å². The van der Waals surface area contributed by atoms with Crippen LogP contribution in [0.4, 0.5) is 5.69 Å². The smallest absolute Gasteiger partial charge is 0.217 e. The average molecular weight is 392 g/mol. The van der Waals surface area contributed by atoms with Gasteiger partial charge in [0, 0.05) is 30.0 Å². The largest absolute Gasteiger partial charge is 0.378 e. The minimum atomic E-state index is -2.63. The van der Waals surface area contributed by atoms with Crippen LogP contribution in [0, 0.1) is 10.1 Å². The molecular formula is C19H25N2O3PS. The molecule has 0 saturated heterocycles. The highest BCUT2D eigenvalue weighted by Crippen LogP contribution is 2.59. The molecule has 0 aromatic heterocycles. The van der Waals surface area contributed by atoms with E-state index < -0.39 is 11.9 Å².